The van der Waals surface area contributed by atoms with Gasteiger partial charge in [-0.25, -0.2) is 4.98 Å². The van der Waals surface area contributed by atoms with Gasteiger partial charge in [0, 0.05) is 11.1 Å². The number of hydrogen-bond donors (Lipinski definition) is 1. The van der Waals surface area contributed by atoms with Crippen molar-refractivity contribution in [3.63, 3.8) is 0 Å². The van der Waals surface area contributed by atoms with E-state index in [1.54, 1.807) is 43.5 Å². The monoisotopic (exact) mass is 410 g/mol. The van der Waals surface area contributed by atoms with Crippen LogP contribution in [0, 0.1) is 0 Å². The van der Waals surface area contributed by atoms with E-state index in [1.165, 1.54) is 0 Å². The lowest BCUT2D eigenvalue weighted by atomic mass is 10.1. The minimum absolute atomic E-state index is 0.0223. The lowest BCUT2D eigenvalue weighted by molar-refractivity contribution is -0.136. The van der Waals surface area contributed by atoms with Crippen molar-refractivity contribution in [2.45, 2.75) is 25.7 Å². The molecular weight excluding hydrogens is 392 g/mol. The number of aliphatic carboxylic acids is 1. The van der Waals surface area contributed by atoms with Crippen molar-refractivity contribution in [2.24, 2.45) is 0 Å². The number of carboxylic acid groups (broad SMARTS) is 1. The summed E-state index contributed by atoms with van der Waals surface area (Å²) in [5, 5.41) is 9.39. The van der Waals surface area contributed by atoms with E-state index >= 15 is 0 Å². The van der Waals surface area contributed by atoms with E-state index in [0.29, 0.717) is 33.8 Å². The normalized spacial score (nSPS) is 12.5. The summed E-state index contributed by atoms with van der Waals surface area (Å²) < 4.78 is 11.3. The van der Waals surface area contributed by atoms with Crippen LogP contribution in [0.25, 0.3) is 11.4 Å². The SMILES string of the molecule is COc1ccc(-c2nc3c(c(Oc4ccc(CC(=O)O)cc4)n2)CCC3)cc1Cl. The fourth-order valence-electron chi connectivity index (χ4n) is 3.38. The Kier molecular flexibility index (Phi) is 5.36. The van der Waals surface area contributed by atoms with Crippen LogP contribution in [-0.2, 0) is 24.1 Å². The van der Waals surface area contributed by atoms with Crippen LogP contribution < -0.4 is 9.47 Å². The predicted molar refractivity (Wildman–Crippen MR) is 109 cm³/mol. The maximum Gasteiger partial charge on any atom is 0.307 e. The van der Waals surface area contributed by atoms with Crippen molar-refractivity contribution in [1.29, 1.82) is 0 Å². The highest BCUT2D eigenvalue weighted by Crippen LogP contribution is 2.35. The third kappa shape index (κ3) is 4.17. The molecule has 3 aromatic rings. The Balaban J connectivity index is 1.67. The first kappa shape index (κ1) is 19.2. The Labute approximate surface area is 173 Å². The van der Waals surface area contributed by atoms with Crippen LogP contribution in [0.4, 0.5) is 0 Å². The Bertz CT molecular complexity index is 1070. The van der Waals surface area contributed by atoms with E-state index in [9.17, 15) is 4.79 Å². The number of fused-ring (bicyclic) bond motifs is 1. The van der Waals surface area contributed by atoms with Crippen molar-refractivity contribution in [2.75, 3.05) is 7.11 Å². The molecule has 0 atom stereocenters. The van der Waals surface area contributed by atoms with Crippen LogP contribution in [-0.4, -0.2) is 28.2 Å². The predicted octanol–water partition coefficient (Wildman–Crippen LogP) is 4.71. The van der Waals surface area contributed by atoms with Gasteiger partial charge in [0.05, 0.1) is 24.2 Å². The highest BCUT2D eigenvalue weighted by molar-refractivity contribution is 6.32. The van der Waals surface area contributed by atoms with E-state index in [2.05, 4.69) is 4.98 Å². The zero-order chi connectivity index (χ0) is 20.4. The molecule has 0 radical (unpaired) electrons. The zero-order valence-electron chi connectivity index (χ0n) is 15.8. The van der Waals surface area contributed by atoms with Gasteiger partial charge in [-0.1, -0.05) is 23.7 Å². The summed E-state index contributed by atoms with van der Waals surface area (Å²) in [6.45, 7) is 0. The van der Waals surface area contributed by atoms with Crippen molar-refractivity contribution in [3.05, 3.63) is 64.3 Å². The number of hydrogen-bond acceptors (Lipinski definition) is 5. The fraction of sp³-hybridized carbons (Fsp3) is 0.227. The first-order valence-corrected chi connectivity index (χ1v) is 9.63. The van der Waals surface area contributed by atoms with Gasteiger partial charge in [-0.2, -0.15) is 4.98 Å². The number of carboxylic acids is 1. The van der Waals surface area contributed by atoms with Gasteiger partial charge in [0.2, 0.25) is 5.88 Å². The number of aryl methyl sites for hydroxylation is 1. The lowest BCUT2D eigenvalue weighted by Crippen LogP contribution is -2.02. The maximum atomic E-state index is 10.8. The molecule has 0 saturated heterocycles. The Hall–Kier alpha value is -3.12. The van der Waals surface area contributed by atoms with Crippen molar-refractivity contribution >= 4 is 17.6 Å². The molecule has 6 nitrogen and oxygen atoms in total. The average Bonchev–Trinajstić information content (AvgIpc) is 3.18. The minimum atomic E-state index is -0.866. The molecule has 148 valence electrons. The molecule has 2 aromatic carbocycles. The Morgan fingerprint density at radius 2 is 1.93 bits per heavy atom. The molecule has 1 aliphatic rings. The standard InChI is InChI=1S/C22H19ClN2O4/c1-28-19-10-7-14(12-17(19)23)21-24-18-4-2-3-16(18)22(25-21)29-15-8-5-13(6-9-15)11-20(26)27/h5-10,12H,2-4,11H2,1H3,(H,26,27). The number of benzene rings is 2. The van der Waals surface area contributed by atoms with Gasteiger partial charge in [0.1, 0.15) is 11.5 Å². The van der Waals surface area contributed by atoms with E-state index < -0.39 is 5.97 Å². The smallest absolute Gasteiger partial charge is 0.307 e. The van der Waals surface area contributed by atoms with E-state index in [0.717, 1.165) is 36.1 Å². The molecule has 0 bridgehead atoms. The van der Waals surface area contributed by atoms with Gasteiger partial charge in [-0.05, 0) is 55.2 Å². The number of halogens is 1. The fourth-order valence-corrected chi connectivity index (χ4v) is 3.64. The highest BCUT2D eigenvalue weighted by Gasteiger charge is 2.22. The van der Waals surface area contributed by atoms with Gasteiger partial charge in [-0.15, -0.1) is 0 Å². The topological polar surface area (TPSA) is 81.5 Å². The first-order valence-electron chi connectivity index (χ1n) is 9.26. The van der Waals surface area contributed by atoms with Gasteiger partial charge >= 0.3 is 5.97 Å². The van der Waals surface area contributed by atoms with Crippen molar-refractivity contribution in [1.82, 2.24) is 9.97 Å². The second-order valence-electron chi connectivity index (χ2n) is 6.80. The molecule has 4 rings (SSSR count). The second-order valence-corrected chi connectivity index (χ2v) is 7.20. The number of ether oxygens (including phenoxy) is 2. The number of carbonyl (C=O) groups is 1. The molecule has 1 aromatic heterocycles. The van der Waals surface area contributed by atoms with Gasteiger partial charge in [0.25, 0.3) is 0 Å². The van der Waals surface area contributed by atoms with Gasteiger partial charge in [0.15, 0.2) is 5.82 Å². The summed E-state index contributed by atoms with van der Waals surface area (Å²) in [4.78, 5) is 20.2. The van der Waals surface area contributed by atoms with Crippen LogP contribution in [0.5, 0.6) is 17.4 Å². The molecule has 0 amide bonds. The van der Waals surface area contributed by atoms with Crippen molar-refractivity contribution < 1.29 is 19.4 Å². The molecule has 7 heteroatoms. The summed E-state index contributed by atoms with van der Waals surface area (Å²) in [7, 11) is 1.57. The second kappa shape index (κ2) is 8.09. The zero-order valence-corrected chi connectivity index (χ0v) is 16.6. The molecule has 1 aliphatic carbocycles. The Morgan fingerprint density at radius 3 is 2.62 bits per heavy atom. The number of aromatic nitrogens is 2. The third-order valence-corrected chi connectivity index (χ3v) is 5.09. The minimum Gasteiger partial charge on any atom is -0.495 e. The largest absolute Gasteiger partial charge is 0.495 e. The van der Waals surface area contributed by atoms with E-state index in [1.807, 2.05) is 6.07 Å². The summed E-state index contributed by atoms with van der Waals surface area (Å²) in [5.41, 5.74) is 3.50. The van der Waals surface area contributed by atoms with E-state index in [-0.39, 0.29) is 6.42 Å². The molecule has 0 unspecified atom stereocenters. The molecule has 0 saturated carbocycles. The van der Waals surface area contributed by atoms with Gasteiger partial charge < -0.3 is 14.6 Å². The number of rotatable bonds is 6. The molecule has 1 heterocycles. The first-order chi connectivity index (χ1) is 14.0. The summed E-state index contributed by atoms with van der Waals surface area (Å²) >= 11 is 6.26. The van der Waals surface area contributed by atoms with Crippen LogP contribution in [0.3, 0.4) is 0 Å². The lowest BCUT2D eigenvalue weighted by Gasteiger charge is -2.12. The molecular formula is C22H19ClN2O4. The van der Waals surface area contributed by atoms with Crippen LogP contribution in [0.1, 0.15) is 23.2 Å². The average molecular weight is 411 g/mol. The summed E-state index contributed by atoms with van der Waals surface area (Å²) in [6.07, 6.45) is 2.73. The molecule has 0 aliphatic heterocycles. The van der Waals surface area contributed by atoms with Gasteiger partial charge in [-0.3, -0.25) is 4.79 Å². The van der Waals surface area contributed by atoms with Crippen LogP contribution in [0.2, 0.25) is 5.02 Å². The van der Waals surface area contributed by atoms with E-state index in [4.69, 9.17) is 31.2 Å². The summed E-state index contributed by atoms with van der Waals surface area (Å²) in [5.74, 6) is 1.41. The third-order valence-electron chi connectivity index (χ3n) is 4.80. The molecule has 0 fully saturated rings. The molecule has 1 N–H and O–H groups in total. The van der Waals surface area contributed by atoms with Crippen LogP contribution >= 0.6 is 11.6 Å². The quantitative estimate of drug-likeness (QED) is 0.633. The van der Waals surface area contributed by atoms with Crippen LogP contribution in [0.15, 0.2) is 42.5 Å². The number of nitrogens with zero attached hydrogens (tertiary/aromatic N) is 2. The molecule has 29 heavy (non-hydrogen) atoms. The highest BCUT2D eigenvalue weighted by atomic mass is 35.5. The number of methoxy groups -OCH3 is 1. The maximum absolute atomic E-state index is 10.8. The molecule has 0 spiro atoms. The summed E-state index contributed by atoms with van der Waals surface area (Å²) in [6, 6.07) is 12.4. The Morgan fingerprint density at radius 1 is 1.14 bits per heavy atom. The van der Waals surface area contributed by atoms with Crippen molar-refractivity contribution in [3.8, 4) is 28.8 Å².